The van der Waals surface area contributed by atoms with Crippen molar-refractivity contribution in [2.45, 2.75) is 46.7 Å². The molecule has 0 radical (unpaired) electrons. The van der Waals surface area contributed by atoms with Gasteiger partial charge < -0.3 is 9.47 Å². The van der Waals surface area contributed by atoms with E-state index in [1.54, 1.807) is 18.1 Å². The van der Waals surface area contributed by atoms with Crippen molar-refractivity contribution in [2.75, 3.05) is 13.7 Å². The first-order chi connectivity index (χ1) is 12.3. The Labute approximate surface area is 164 Å². The number of amides is 1. The van der Waals surface area contributed by atoms with E-state index in [1.165, 1.54) is 11.8 Å². The van der Waals surface area contributed by atoms with Gasteiger partial charge >= 0.3 is 0 Å². The molecular formula is C19H25ClN2O3S. The zero-order chi connectivity index (χ0) is 19.4. The summed E-state index contributed by atoms with van der Waals surface area (Å²) in [5.41, 5.74) is 0.782. The Morgan fingerprint density at radius 3 is 2.54 bits per heavy atom. The maximum absolute atomic E-state index is 12.8. The van der Waals surface area contributed by atoms with Crippen molar-refractivity contribution in [3.05, 3.63) is 27.6 Å². The summed E-state index contributed by atoms with van der Waals surface area (Å²) in [4.78, 5) is 19.8. The molecule has 0 spiro atoms. The van der Waals surface area contributed by atoms with E-state index in [0.717, 1.165) is 10.7 Å². The molecule has 26 heavy (non-hydrogen) atoms. The highest BCUT2D eigenvalue weighted by Gasteiger charge is 2.35. The number of rotatable bonds is 6. The van der Waals surface area contributed by atoms with Crippen LogP contribution in [0.2, 0.25) is 5.02 Å². The van der Waals surface area contributed by atoms with E-state index in [-0.39, 0.29) is 18.0 Å². The van der Waals surface area contributed by atoms with Crippen LogP contribution in [0.15, 0.2) is 22.0 Å². The van der Waals surface area contributed by atoms with E-state index in [4.69, 9.17) is 21.1 Å². The van der Waals surface area contributed by atoms with Crippen LogP contribution >= 0.6 is 23.4 Å². The van der Waals surface area contributed by atoms with Gasteiger partial charge in [0.1, 0.15) is 0 Å². The number of carbonyl (C=O) groups is 1. The summed E-state index contributed by atoms with van der Waals surface area (Å²) in [6.07, 6.45) is 1.82. The van der Waals surface area contributed by atoms with Crippen LogP contribution in [0.1, 0.15) is 40.2 Å². The van der Waals surface area contributed by atoms with E-state index < -0.39 is 0 Å². The monoisotopic (exact) mass is 396 g/mol. The van der Waals surface area contributed by atoms with Crippen LogP contribution in [0.3, 0.4) is 0 Å². The number of hydrogen-bond acceptors (Lipinski definition) is 5. The van der Waals surface area contributed by atoms with E-state index in [1.807, 2.05) is 46.8 Å². The predicted octanol–water partition coefficient (Wildman–Crippen LogP) is 4.84. The van der Waals surface area contributed by atoms with Gasteiger partial charge in [-0.25, -0.2) is 0 Å². The first-order valence-electron chi connectivity index (χ1n) is 8.59. The Balaban J connectivity index is 2.45. The fourth-order valence-electron chi connectivity index (χ4n) is 2.54. The summed E-state index contributed by atoms with van der Waals surface area (Å²) in [6, 6.07) is 3.75. The van der Waals surface area contributed by atoms with Crippen molar-refractivity contribution in [3.63, 3.8) is 0 Å². The summed E-state index contributed by atoms with van der Waals surface area (Å²) in [7, 11) is 1.55. The third kappa shape index (κ3) is 4.54. The Kier molecular flexibility index (Phi) is 7.01. The molecule has 0 aliphatic carbocycles. The largest absolute Gasteiger partial charge is 0.491 e. The van der Waals surface area contributed by atoms with Gasteiger partial charge in [0.05, 0.1) is 23.6 Å². The lowest BCUT2D eigenvalue weighted by Gasteiger charge is -2.20. The van der Waals surface area contributed by atoms with Crippen molar-refractivity contribution >= 4 is 40.5 Å². The van der Waals surface area contributed by atoms with Gasteiger partial charge in [-0.2, -0.15) is 0 Å². The maximum atomic E-state index is 12.8. The molecule has 2 rings (SSSR count). The summed E-state index contributed by atoms with van der Waals surface area (Å²) in [6.45, 7) is 10.3. The van der Waals surface area contributed by atoms with E-state index in [0.29, 0.717) is 28.0 Å². The third-order valence-electron chi connectivity index (χ3n) is 3.56. The van der Waals surface area contributed by atoms with E-state index in [9.17, 15) is 4.79 Å². The zero-order valence-electron chi connectivity index (χ0n) is 16.0. The summed E-state index contributed by atoms with van der Waals surface area (Å²) < 4.78 is 10.9. The molecule has 1 aliphatic heterocycles. The van der Waals surface area contributed by atoms with Crippen molar-refractivity contribution in [1.29, 1.82) is 0 Å². The first-order valence-corrected chi connectivity index (χ1v) is 9.79. The number of methoxy groups -OCH3 is 1. The van der Waals surface area contributed by atoms with Crippen LogP contribution in [0, 0.1) is 0 Å². The SMILES string of the molecule is CCOc1cc(/C=C2/SC(=NC(C)C)N(C(C)C)C2=O)cc(Cl)c1OC. The molecule has 1 aromatic carbocycles. The van der Waals surface area contributed by atoms with Crippen molar-refractivity contribution in [1.82, 2.24) is 4.90 Å². The number of benzene rings is 1. The number of carbonyl (C=O) groups excluding carboxylic acids is 1. The van der Waals surface area contributed by atoms with E-state index >= 15 is 0 Å². The molecule has 1 saturated heterocycles. The van der Waals surface area contributed by atoms with Gasteiger partial charge in [0, 0.05) is 12.1 Å². The Morgan fingerprint density at radius 2 is 2.00 bits per heavy atom. The number of aliphatic imine (C=N–C) groups is 1. The minimum atomic E-state index is -0.0469. The molecule has 1 amide bonds. The smallest absolute Gasteiger partial charge is 0.266 e. The fourth-order valence-corrected chi connectivity index (χ4v) is 4.07. The van der Waals surface area contributed by atoms with Crippen molar-refractivity contribution < 1.29 is 14.3 Å². The lowest BCUT2D eigenvalue weighted by atomic mass is 10.1. The molecule has 0 bridgehead atoms. The van der Waals surface area contributed by atoms with E-state index in [2.05, 4.69) is 4.99 Å². The minimum absolute atomic E-state index is 0.0387. The Morgan fingerprint density at radius 1 is 1.31 bits per heavy atom. The van der Waals surface area contributed by atoms with Crippen LogP contribution in [0.5, 0.6) is 11.5 Å². The average Bonchev–Trinajstić information content (AvgIpc) is 2.82. The lowest BCUT2D eigenvalue weighted by molar-refractivity contribution is -0.123. The molecule has 1 fully saturated rings. The van der Waals surface area contributed by atoms with Crippen LogP contribution < -0.4 is 9.47 Å². The number of ether oxygens (including phenoxy) is 2. The number of hydrogen-bond donors (Lipinski definition) is 0. The molecule has 0 saturated carbocycles. The number of halogens is 1. The molecule has 5 nitrogen and oxygen atoms in total. The summed E-state index contributed by atoms with van der Waals surface area (Å²) in [5.74, 6) is 1.00. The quantitative estimate of drug-likeness (QED) is 0.646. The predicted molar refractivity (Wildman–Crippen MR) is 109 cm³/mol. The summed E-state index contributed by atoms with van der Waals surface area (Å²) >= 11 is 7.69. The summed E-state index contributed by atoms with van der Waals surface area (Å²) in [5, 5.41) is 1.17. The van der Waals surface area contributed by atoms with Crippen molar-refractivity contribution in [2.24, 2.45) is 4.99 Å². The maximum Gasteiger partial charge on any atom is 0.266 e. The molecule has 142 valence electrons. The zero-order valence-corrected chi connectivity index (χ0v) is 17.6. The van der Waals surface area contributed by atoms with Gasteiger partial charge in [-0.3, -0.25) is 14.7 Å². The van der Waals surface area contributed by atoms with Gasteiger partial charge in [0.15, 0.2) is 16.7 Å². The third-order valence-corrected chi connectivity index (χ3v) is 4.83. The second-order valence-corrected chi connectivity index (χ2v) is 7.77. The molecule has 0 N–H and O–H groups in total. The van der Waals surface area contributed by atoms with Gasteiger partial charge in [0.2, 0.25) is 0 Å². The number of amidine groups is 1. The number of thioether (sulfide) groups is 1. The topological polar surface area (TPSA) is 51.1 Å². The van der Waals surface area contributed by atoms with Crippen LogP contribution in [-0.4, -0.2) is 41.8 Å². The van der Waals surface area contributed by atoms with Crippen LogP contribution in [-0.2, 0) is 4.79 Å². The van der Waals surface area contributed by atoms with Gasteiger partial charge in [-0.15, -0.1) is 0 Å². The fraction of sp³-hybridized carbons (Fsp3) is 0.474. The second kappa shape index (κ2) is 8.82. The Hall–Kier alpha value is -1.66. The molecule has 0 unspecified atom stereocenters. The van der Waals surface area contributed by atoms with Gasteiger partial charge in [-0.05, 0) is 70.2 Å². The minimum Gasteiger partial charge on any atom is -0.491 e. The van der Waals surface area contributed by atoms with Crippen LogP contribution in [0.25, 0.3) is 6.08 Å². The molecule has 0 atom stereocenters. The molecular weight excluding hydrogens is 372 g/mol. The highest BCUT2D eigenvalue weighted by Crippen LogP contribution is 2.39. The second-order valence-electron chi connectivity index (χ2n) is 6.35. The lowest BCUT2D eigenvalue weighted by Crippen LogP contribution is -2.35. The average molecular weight is 397 g/mol. The normalized spacial score (nSPS) is 17.9. The number of nitrogens with zero attached hydrogens (tertiary/aromatic N) is 2. The first kappa shape index (κ1) is 20.6. The molecule has 7 heteroatoms. The highest BCUT2D eigenvalue weighted by molar-refractivity contribution is 8.18. The van der Waals surface area contributed by atoms with Gasteiger partial charge in [0.25, 0.3) is 5.91 Å². The standard InChI is InChI=1S/C19H25ClN2O3S/c1-7-25-15-9-13(8-14(20)17(15)24-6)10-16-18(23)22(12(4)5)19(26-16)21-11(2)3/h8-12H,7H2,1-6H3/b16-10+,21-19?. The Bertz CT molecular complexity index is 745. The molecule has 1 aromatic rings. The molecule has 0 aromatic heterocycles. The molecule has 1 aliphatic rings. The van der Waals surface area contributed by atoms with Crippen LogP contribution in [0.4, 0.5) is 0 Å². The molecule has 1 heterocycles. The van der Waals surface area contributed by atoms with Crippen molar-refractivity contribution in [3.8, 4) is 11.5 Å². The van der Waals surface area contributed by atoms with Gasteiger partial charge in [-0.1, -0.05) is 11.6 Å². The highest BCUT2D eigenvalue weighted by atomic mass is 35.5.